The summed E-state index contributed by atoms with van der Waals surface area (Å²) in [5.74, 6) is -0.0601. The fourth-order valence-electron chi connectivity index (χ4n) is 10.2. The topological polar surface area (TPSA) is 95.9 Å². The zero-order chi connectivity index (χ0) is 50.7. The van der Waals surface area contributed by atoms with E-state index in [0.29, 0.717) is 19.4 Å². The summed E-state index contributed by atoms with van der Waals surface area (Å²) in [6.07, 6.45) is 72.5. The van der Waals surface area contributed by atoms with Crippen molar-refractivity contribution in [2.75, 3.05) is 13.2 Å². The van der Waals surface area contributed by atoms with Crippen molar-refractivity contribution in [2.45, 2.75) is 373 Å². The SMILES string of the molecule is CCCCCCCCCCCCCCCCCCC/C=C/C(O)C(CO)NC(=O)CCCCCCCCCCCCCCCCCCCOC(=O)CCCCCCCCCCCCCCCCCCC. The van der Waals surface area contributed by atoms with Gasteiger partial charge in [0, 0.05) is 12.8 Å². The third-order valence-corrected chi connectivity index (χ3v) is 15.1. The number of aliphatic hydroxyl groups is 2. The summed E-state index contributed by atoms with van der Waals surface area (Å²) in [5.41, 5.74) is 0. The van der Waals surface area contributed by atoms with Crippen LogP contribution in [0.25, 0.3) is 0 Å². The van der Waals surface area contributed by atoms with Crippen LogP contribution in [0.15, 0.2) is 12.2 Å². The number of aliphatic hydroxyl groups excluding tert-OH is 2. The normalized spacial score (nSPS) is 12.6. The Morgan fingerprint density at radius 3 is 0.971 bits per heavy atom. The van der Waals surface area contributed by atoms with Crippen LogP contribution in [0.4, 0.5) is 0 Å². The molecule has 0 heterocycles. The lowest BCUT2D eigenvalue weighted by atomic mass is 10.0. The van der Waals surface area contributed by atoms with Crippen LogP contribution >= 0.6 is 0 Å². The van der Waals surface area contributed by atoms with Crippen molar-refractivity contribution in [1.29, 1.82) is 0 Å². The summed E-state index contributed by atoms with van der Waals surface area (Å²) >= 11 is 0. The van der Waals surface area contributed by atoms with E-state index in [0.717, 1.165) is 38.5 Å². The second kappa shape index (κ2) is 60.2. The van der Waals surface area contributed by atoms with Gasteiger partial charge in [-0.15, -0.1) is 0 Å². The summed E-state index contributed by atoms with van der Waals surface area (Å²) in [5, 5.41) is 23.2. The summed E-state index contributed by atoms with van der Waals surface area (Å²) < 4.78 is 5.50. The molecule has 0 saturated carbocycles. The third kappa shape index (κ3) is 55.9. The number of hydrogen-bond acceptors (Lipinski definition) is 5. The van der Waals surface area contributed by atoms with Crippen LogP contribution in [0.3, 0.4) is 0 Å². The maximum Gasteiger partial charge on any atom is 0.305 e. The van der Waals surface area contributed by atoms with Gasteiger partial charge in [0.25, 0.3) is 0 Å². The van der Waals surface area contributed by atoms with E-state index in [1.807, 2.05) is 6.08 Å². The number of nitrogens with one attached hydrogen (secondary N) is 1. The maximum atomic E-state index is 12.5. The average molecular weight is 989 g/mol. The number of carbonyl (C=O) groups is 2. The third-order valence-electron chi connectivity index (χ3n) is 15.1. The molecule has 2 atom stereocenters. The van der Waals surface area contributed by atoms with Gasteiger partial charge >= 0.3 is 5.97 Å². The van der Waals surface area contributed by atoms with Gasteiger partial charge in [-0.05, 0) is 32.1 Å². The van der Waals surface area contributed by atoms with E-state index in [-0.39, 0.29) is 18.5 Å². The molecule has 6 heteroatoms. The quantitative estimate of drug-likeness (QED) is 0.0321. The van der Waals surface area contributed by atoms with Crippen LogP contribution in [0, 0.1) is 0 Å². The highest BCUT2D eigenvalue weighted by Gasteiger charge is 2.18. The van der Waals surface area contributed by atoms with Gasteiger partial charge in [-0.1, -0.05) is 328 Å². The highest BCUT2D eigenvalue weighted by molar-refractivity contribution is 5.76. The molecule has 0 aromatic rings. The Hall–Kier alpha value is -1.40. The Kier molecular flexibility index (Phi) is 59.0. The molecule has 0 rings (SSSR count). The van der Waals surface area contributed by atoms with Crippen LogP contribution in [-0.2, 0) is 14.3 Å². The molecular weight excluding hydrogens is 863 g/mol. The van der Waals surface area contributed by atoms with Crippen LogP contribution < -0.4 is 5.32 Å². The lowest BCUT2D eigenvalue weighted by Crippen LogP contribution is -2.45. The van der Waals surface area contributed by atoms with Gasteiger partial charge in [-0.3, -0.25) is 9.59 Å². The van der Waals surface area contributed by atoms with Gasteiger partial charge in [-0.2, -0.15) is 0 Å². The summed E-state index contributed by atoms with van der Waals surface area (Å²) in [6.45, 7) is 4.93. The highest BCUT2D eigenvalue weighted by Crippen LogP contribution is 2.18. The first-order valence-electron chi connectivity index (χ1n) is 32.0. The molecule has 0 aromatic heterocycles. The van der Waals surface area contributed by atoms with Crippen molar-refractivity contribution in [2.24, 2.45) is 0 Å². The van der Waals surface area contributed by atoms with Gasteiger partial charge < -0.3 is 20.3 Å². The first-order valence-corrected chi connectivity index (χ1v) is 32.0. The van der Waals surface area contributed by atoms with E-state index in [4.69, 9.17) is 4.74 Å². The first-order chi connectivity index (χ1) is 34.5. The van der Waals surface area contributed by atoms with Crippen LogP contribution in [-0.4, -0.2) is 47.4 Å². The van der Waals surface area contributed by atoms with E-state index >= 15 is 0 Å². The number of esters is 1. The van der Waals surface area contributed by atoms with Crippen molar-refractivity contribution in [3.63, 3.8) is 0 Å². The number of hydrogen-bond donors (Lipinski definition) is 3. The van der Waals surface area contributed by atoms with Crippen molar-refractivity contribution in [3.05, 3.63) is 12.2 Å². The van der Waals surface area contributed by atoms with Gasteiger partial charge in [0.2, 0.25) is 5.91 Å². The van der Waals surface area contributed by atoms with Crippen molar-refractivity contribution >= 4 is 11.9 Å². The van der Waals surface area contributed by atoms with Crippen LogP contribution in [0.5, 0.6) is 0 Å². The van der Waals surface area contributed by atoms with Gasteiger partial charge in [0.15, 0.2) is 0 Å². The number of carbonyl (C=O) groups excluding carboxylic acids is 2. The molecule has 2 unspecified atom stereocenters. The van der Waals surface area contributed by atoms with Crippen molar-refractivity contribution < 1.29 is 24.5 Å². The molecular formula is C64H125NO5. The second-order valence-electron chi connectivity index (χ2n) is 22.1. The van der Waals surface area contributed by atoms with Crippen molar-refractivity contribution in [1.82, 2.24) is 5.32 Å². The molecule has 0 fully saturated rings. The monoisotopic (exact) mass is 988 g/mol. The minimum absolute atomic E-state index is 0.00937. The number of unbranched alkanes of at least 4 members (excludes halogenated alkanes) is 49. The maximum absolute atomic E-state index is 12.5. The van der Waals surface area contributed by atoms with Gasteiger partial charge in [0.1, 0.15) is 0 Å². The van der Waals surface area contributed by atoms with E-state index in [9.17, 15) is 19.8 Å². The molecule has 6 nitrogen and oxygen atoms in total. The molecule has 70 heavy (non-hydrogen) atoms. The largest absolute Gasteiger partial charge is 0.466 e. The average Bonchev–Trinajstić information content (AvgIpc) is 3.36. The Morgan fingerprint density at radius 1 is 0.386 bits per heavy atom. The zero-order valence-electron chi connectivity index (χ0n) is 47.5. The molecule has 0 aliphatic rings. The Morgan fingerprint density at radius 2 is 0.657 bits per heavy atom. The van der Waals surface area contributed by atoms with Crippen molar-refractivity contribution in [3.8, 4) is 0 Å². The van der Waals surface area contributed by atoms with Gasteiger partial charge in [0.05, 0.1) is 25.4 Å². The molecule has 0 spiro atoms. The molecule has 1 amide bonds. The highest BCUT2D eigenvalue weighted by atomic mass is 16.5. The lowest BCUT2D eigenvalue weighted by molar-refractivity contribution is -0.143. The van der Waals surface area contributed by atoms with E-state index in [2.05, 4.69) is 19.2 Å². The fraction of sp³-hybridized carbons (Fsp3) is 0.938. The molecule has 0 bridgehead atoms. The molecule has 0 aromatic carbocycles. The Labute approximate surface area is 438 Å². The smallest absolute Gasteiger partial charge is 0.305 e. The number of rotatable bonds is 60. The Bertz CT molecular complexity index is 1050. The standard InChI is InChI=1S/C64H125NO5/c1-3-5-7-9-11-13-15-17-19-21-22-25-28-32-36-40-44-48-52-56-62(67)61(60-66)65-63(68)57-53-49-45-41-37-33-29-26-23-27-31-35-39-43-47-51-55-59-70-64(69)58-54-50-46-42-38-34-30-24-20-18-16-14-12-10-8-6-4-2/h52,56,61-62,66-67H,3-51,53-55,57-60H2,1-2H3,(H,65,68)/b56-52+. The molecule has 0 saturated heterocycles. The van der Waals surface area contributed by atoms with E-state index in [1.165, 1.54) is 295 Å². The van der Waals surface area contributed by atoms with E-state index < -0.39 is 12.1 Å². The summed E-state index contributed by atoms with van der Waals surface area (Å²) in [4.78, 5) is 24.6. The second-order valence-corrected chi connectivity index (χ2v) is 22.1. The molecule has 3 N–H and O–H groups in total. The van der Waals surface area contributed by atoms with Crippen LogP contribution in [0.2, 0.25) is 0 Å². The summed E-state index contributed by atoms with van der Waals surface area (Å²) in [6, 6.07) is -0.632. The van der Waals surface area contributed by atoms with Crippen LogP contribution in [0.1, 0.15) is 361 Å². The molecule has 0 aliphatic heterocycles. The minimum atomic E-state index is -0.848. The number of allylic oxidation sites excluding steroid dienone is 1. The van der Waals surface area contributed by atoms with Gasteiger partial charge in [-0.25, -0.2) is 0 Å². The minimum Gasteiger partial charge on any atom is -0.466 e. The summed E-state index contributed by atoms with van der Waals surface area (Å²) in [7, 11) is 0. The number of amides is 1. The Balaban J connectivity index is 3.42. The predicted octanol–water partition coefficient (Wildman–Crippen LogP) is 20.0. The lowest BCUT2D eigenvalue weighted by Gasteiger charge is -2.20. The predicted molar refractivity (Wildman–Crippen MR) is 306 cm³/mol. The first kappa shape index (κ1) is 68.6. The number of ether oxygens (including phenoxy) is 1. The fourth-order valence-corrected chi connectivity index (χ4v) is 10.2. The molecule has 0 radical (unpaired) electrons. The molecule has 416 valence electrons. The molecule has 0 aliphatic carbocycles. The van der Waals surface area contributed by atoms with E-state index in [1.54, 1.807) is 6.08 Å². The zero-order valence-corrected chi connectivity index (χ0v) is 47.5.